The third-order valence-corrected chi connectivity index (χ3v) is 6.47. The van der Waals surface area contributed by atoms with Gasteiger partial charge in [-0.3, -0.25) is 4.79 Å². The molecule has 1 atom stereocenters. The molecular formula is C14H17N3O3S2. The topological polar surface area (TPSA) is 81.1 Å². The highest BCUT2D eigenvalue weighted by molar-refractivity contribution is 7.99. The molecule has 1 saturated heterocycles. The molecule has 0 aliphatic carbocycles. The van der Waals surface area contributed by atoms with E-state index in [0.717, 1.165) is 16.2 Å². The van der Waals surface area contributed by atoms with Crippen molar-refractivity contribution in [3.05, 3.63) is 24.3 Å². The molecule has 2 heterocycles. The first kappa shape index (κ1) is 15.4. The van der Waals surface area contributed by atoms with E-state index >= 15 is 0 Å². The number of aryl methyl sites for hydroxylation is 1. The molecule has 1 fully saturated rings. The summed E-state index contributed by atoms with van der Waals surface area (Å²) in [4.78, 5) is 16.4. The fourth-order valence-electron chi connectivity index (χ4n) is 2.56. The zero-order valence-corrected chi connectivity index (χ0v) is 13.8. The van der Waals surface area contributed by atoms with E-state index in [2.05, 4.69) is 10.3 Å². The van der Waals surface area contributed by atoms with Gasteiger partial charge in [0.15, 0.2) is 15.0 Å². The third kappa shape index (κ3) is 3.27. The number of nitrogens with one attached hydrogen (secondary N) is 1. The number of carbonyl (C=O) groups excluding carboxylic acids is 1. The number of aromatic nitrogens is 2. The van der Waals surface area contributed by atoms with E-state index in [-0.39, 0.29) is 29.2 Å². The number of benzene rings is 1. The summed E-state index contributed by atoms with van der Waals surface area (Å²) in [6, 6.07) is 7.54. The van der Waals surface area contributed by atoms with E-state index in [9.17, 15) is 13.2 Å². The minimum Gasteiger partial charge on any atom is -0.352 e. The summed E-state index contributed by atoms with van der Waals surface area (Å²) in [6.07, 6.45) is 0.505. The number of nitrogens with zero attached hydrogens (tertiary/aromatic N) is 2. The predicted octanol–water partition coefficient (Wildman–Crippen LogP) is 0.969. The van der Waals surface area contributed by atoms with Crippen LogP contribution in [0.5, 0.6) is 0 Å². The number of fused-ring (bicyclic) bond motifs is 1. The van der Waals surface area contributed by atoms with Crippen LogP contribution in [0, 0.1) is 0 Å². The summed E-state index contributed by atoms with van der Waals surface area (Å²) in [5.74, 6) is 0.290. The van der Waals surface area contributed by atoms with Crippen molar-refractivity contribution in [3.8, 4) is 0 Å². The van der Waals surface area contributed by atoms with Gasteiger partial charge in [0.25, 0.3) is 0 Å². The van der Waals surface area contributed by atoms with Gasteiger partial charge < -0.3 is 9.88 Å². The molecule has 1 aromatic carbocycles. The molecule has 1 N–H and O–H groups in total. The molecule has 6 nitrogen and oxygen atoms in total. The quantitative estimate of drug-likeness (QED) is 0.840. The number of hydrogen-bond acceptors (Lipinski definition) is 5. The molecule has 0 spiro atoms. The van der Waals surface area contributed by atoms with E-state index in [1.54, 1.807) is 0 Å². The number of imidazole rings is 1. The van der Waals surface area contributed by atoms with Crippen molar-refractivity contribution < 1.29 is 13.2 Å². The van der Waals surface area contributed by atoms with Gasteiger partial charge in [-0.05, 0) is 18.6 Å². The first-order valence-electron chi connectivity index (χ1n) is 6.99. The minimum atomic E-state index is -2.97. The van der Waals surface area contributed by atoms with E-state index in [1.165, 1.54) is 11.8 Å². The highest BCUT2D eigenvalue weighted by Gasteiger charge is 2.28. The fraction of sp³-hybridized carbons (Fsp3) is 0.429. The Balaban J connectivity index is 1.59. The van der Waals surface area contributed by atoms with Crippen molar-refractivity contribution >= 4 is 38.5 Å². The van der Waals surface area contributed by atoms with Gasteiger partial charge in [-0.15, -0.1) is 0 Å². The second-order valence-corrected chi connectivity index (χ2v) is 8.57. The summed E-state index contributed by atoms with van der Waals surface area (Å²) in [7, 11) is -1.05. The number of para-hydroxylation sites is 2. The molecule has 1 aliphatic rings. The summed E-state index contributed by atoms with van der Waals surface area (Å²) in [6.45, 7) is 0. The van der Waals surface area contributed by atoms with Gasteiger partial charge in [-0.1, -0.05) is 23.9 Å². The molecule has 0 saturated carbocycles. The molecule has 1 amide bonds. The Labute approximate surface area is 133 Å². The maximum absolute atomic E-state index is 11.9. The Hall–Kier alpha value is -1.54. The normalized spacial score (nSPS) is 20.3. The van der Waals surface area contributed by atoms with Crippen LogP contribution in [0.4, 0.5) is 0 Å². The molecule has 22 heavy (non-hydrogen) atoms. The van der Waals surface area contributed by atoms with Gasteiger partial charge in [0.05, 0.1) is 28.3 Å². The van der Waals surface area contributed by atoms with Crippen LogP contribution in [-0.2, 0) is 21.7 Å². The standard InChI is InChI=1S/C14H17N3O3S2/c1-17-12-5-3-2-4-11(12)16-14(17)21-8-13(18)15-10-6-7-22(19,20)9-10/h2-5,10H,6-9H2,1H3,(H,15,18)/t10-/m1/s1. The largest absolute Gasteiger partial charge is 0.352 e. The summed E-state index contributed by atoms with van der Waals surface area (Å²) < 4.78 is 24.7. The Kier molecular flexibility index (Phi) is 4.14. The predicted molar refractivity (Wildman–Crippen MR) is 86.6 cm³/mol. The van der Waals surface area contributed by atoms with Crippen molar-refractivity contribution in [2.45, 2.75) is 17.6 Å². The number of sulfone groups is 1. The third-order valence-electron chi connectivity index (χ3n) is 3.68. The van der Waals surface area contributed by atoms with Crippen LogP contribution < -0.4 is 5.32 Å². The second kappa shape index (κ2) is 5.92. The highest BCUT2D eigenvalue weighted by atomic mass is 32.2. The van der Waals surface area contributed by atoms with E-state index in [1.807, 2.05) is 35.9 Å². The number of thioether (sulfide) groups is 1. The highest BCUT2D eigenvalue weighted by Crippen LogP contribution is 2.22. The molecule has 1 aromatic heterocycles. The van der Waals surface area contributed by atoms with E-state index in [4.69, 9.17) is 0 Å². The SMILES string of the molecule is Cn1c(SCC(=O)N[C@@H]2CCS(=O)(=O)C2)nc2ccccc21. The maximum Gasteiger partial charge on any atom is 0.230 e. The van der Waals surface area contributed by atoms with Crippen LogP contribution >= 0.6 is 11.8 Å². The van der Waals surface area contributed by atoms with Crippen LogP contribution in [0.25, 0.3) is 11.0 Å². The summed E-state index contributed by atoms with van der Waals surface area (Å²) in [5, 5.41) is 3.56. The zero-order chi connectivity index (χ0) is 15.7. The van der Waals surface area contributed by atoms with Crippen LogP contribution in [0.2, 0.25) is 0 Å². The maximum atomic E-state index is 11.9. The van der Waals surface area contributed by atoms with Crippen molar-refractivity contribution in [1.29, 1.82) is 0 Å². The lowest BCUT2D eigenvalue weighted by molar-refractivity contribution is -0.119. The lowest BCUT2D eigenvalue weighted by Gasteiger charge is -2.10. The van der Waals surface area contributed by atoms with Crippen LogP contribution in [0.15, 0.2) is 29.4 Å². The van der Waals surface area contributed by atoms with Crippen LogP contribution in [-0.4, -0.2) is 47.2 Å². The van der Waals surface area contributed by atoms with Gasteiger partial charge in [-0.25, -0.2) is 13.4 Å². The van der Waals surface area contributed by atoms with Gasteiger partial charge in [0.2, 0.25) is 5.91 Å². The van der Waals surface area contributed by atoms with Gasteiger partial charge >= 0.3 is 0 Å². The van der Waals surface area contributed by atoms with E-state index in [0.29, 0.717) is 6.42 Å². The Morgan fingerprint density at radius 3 is 2.91 bits per heavy atom. The molecule has 3 rings (SSSR count). The van der Waals surface area contributed by atoms with Crippen LogP contribution in [0.1, 0.15) is 6.42 Å². The molecule has 0 bridgehead atoms. The number of amides is 1. The summed E-state index contributed by atoms with van der Waals surface area (Å²) in [5.41, 5.74) is 1.92. The first-order valence-corrected chi connectivity index (χ1v) is 9.79. The van der Waals surface area contributed by atoms with Crippen molar-refractivity contribution in [2.24, 2.45) is 7.05 Å². The average molecular weight is 339 g/mol. The second-order valence-electron chi connectivity index (χ2n) is 5.40. The van der Waals surface area contributed by atoms with Crippen molar-refractivity contribution in [2.75, 3.05) is 17.3 Å². The number of rotatable bonds is 4. The smallest absolute Gasteiger partial charge is 0.230 e. The molecule has 0 unspecified atom stereocenters. The Bertz CT molecular complexity index is 814. The first-order chi connectivity index (χ1) is 10.4. The summed E-state index contributed by atoms with van der Waals surface area (Å²) >= 11 is 1.35. The average Bonchev–Trinajstić information content (AvgIpc) is 2.97. The molecular weight excluding hydrogens is 322 g/mol. The van der Waals surface area contributed by atoms with Gasteiger partial charge in [0.1, 0.15) is 0 Å². The van der Waals surface area contributed by atoms with Gasteiger partial charge in [0, 0.05) is 13.1 Å². The Morgan fingerprint density at radius 1 is 1.45 bits per heavy atom. The molecule has 0 radical (unpaired) electrons. The molecule has 2 aromatic rings. The number of hydrogen-bond donors (Lipinski definition) is 1. The molecule has 1 aliphatic heterocycles. The van der Waals surface area contributed by atoms with Crippen LogP contribution in [0.3, 0.4) is 0 Å². The number of carbonyl (C=O) groups is 1. The van der Waals surface area contributed by atoms with Crippen molar-refractivity contribution in [1.82, 2.24) is 14.9 Å². The van der Waals surface area contributed by atoms with Gasteiger partial charge in [-0.2, -0.15) is 0 Å². The zero-order valence-electron chi connectivity index (χ0n) is 12.2. The minimum absolute atomic E-state index is 0.0513. The lowest BCUT2D eigenvalue weighted by Crippen LogP contribution is -2.36. The lowest BCUT2D eigenvalue weighted by atomic mass is 10.3. The van der Waals surface area contributed by atoms with E-state index < -0.39 is 9.84 Å². The van der Waals surface area contributed by atoms with Crippen molar-refractivity contribution in [3.63, 3.8) is 0 Å². The fourth-order valence-corrected chi connectivity index (χ4v) is 5.03. The molecule has 8 heteroatoms. The monoisotopic (exact) mass is 339 g/mol. The molecule has 118 valence electrons. The Morgan fingerprint density at radius 2 is 2.23 bits per heavy atom.